The minimum atomic E-state index is 0.626. The van der Waals surface area contributed by atoms with Crippen LogP contribution >= 0.6 is 0 Å². The van der Waals surface area contributed by atoms with E-state index in [4.69, 9.17) is 15.0 Å². The van der Waals surface area contributed by atoms with Crippen molar-refractivity contribution in [2.45, 2.75) is 0 Å². The molecule has 46 heavy (non-hydrogen) atoms. The van der Waals surface area contributed by atoms with Gasteiger partial charge in [0.2, 0.25) is 0 Å². The van der Waals surface area contributed by atoms with E-state index in [0.717, 1.165) is 33.2 Å². The van der Waals surface area contributed by atoms with Gasteiger partial charge < -0.3 is 0 Å². The highest BCUT2D eigenvalue weighted by atomic mass is 15.0. The number of fused-ring (bicyclic) bond motifs is 1. The van der Waals surface area contributed by atoms with Gasteiger partial charge in [0, 0.05) is 28.3 Å². The summed E-state index contributed by atoms with van der Waals surface area (Å²) in [6.45, 7) is 0. The lowest BCUT2D eigenvalue weighted by molar-refractivity contribution is 1.07. The van der Waals surface area contributed by atoms with Crippen LogP contribution in [0.3, 0.4) is 0 Å². The molecule has 0 N–H and O–H groups in total. The lowest BCUT2D eigenvalue weighted by atomic mass is 9.91. The van der Waals surface area contributed by atoms with Crippen LogP contribution in [0.4, 0.5) is 0 Å². The number of benzene rings is 6. The molecule has 2 heterocycles. The summed E-state index contributed by atoms with van der Waals surface area (Å²) in [6.07, 6.45) is 1.81. The topological polar surface area (TPSA) is 51.6 Å². The molecule has 0 unspecified atom stereocenters. The molecule has 0 aliphatic heterocycles. The second-order valence-electron chi connectivity index (χ2n) is 11.2. The Morgan fingerprint density at radius 2 is 0.804 bits per heavy atom. The van der Waals surface area contributed by atoms with Gasteiger partial charge in [0.05, 0.1) is 5.52 Å². The quantitative estimate of drug-likeness (QED) is 0.194. The summed E-state index contributed by atoms with van der Waals surface area (Å²) in [6, 6.07) is 56.5. The zero-order chi connectivity index (χ0) is 30.7. The first-order valence-electron chi connectivity index (χ1n) is 15.3. The van der Waals surface area contributed by atoms with E-state index in [0.29, 0.717) is 17.5 Å². The van der Waals surface area contributed by atoms with Gasteiger partial charge in [-0.2, -0.15) is 0 Å². The van der Waals surface area contributed by atoms with Crippen LogP contribution in [0.25, 0.3) is 78.4 Å². The van der Waals surface area contributed by atoms with Crippen LogP contribution in [0, 0.1) is 0 Å². The Morgan fingerprint density at radius 3 is 1.48 bits per heavy atom. The minimum Gasteiger partial charge on any atom is -0.256 e. The molecule has 0 amide bonds. The fraction of sp³-hybridized carbons (Fsp3) is 0. The van der Waals surface area contributed by atoms with Crippen molar-refractivity contribution in [3.63, 3.8) is 0 Å². The van der Waals surface area contributed by atoms with E-state index in [1.807, 2.05) is 48.5 Å². The molecule has 8 aromatic rings. The highest BCUT2D eigenvalue weighted by Crippen LogP contribution is 2.36. The average Bonchev–Trinajstić information content (AvgIpc) is 3.15. The predicted octanol–water partition coefficient (Wildman–Crippen LogP) is 10.4. The first kappa shape index (κ1) is 27.3. The Balaban J connectivity index is 1.22. The van der Waals surface area contributed by atoms with Crippen molar-refractivity contribution in [3.8, 4) is 67.5 Å². The summed E-state index contributed by atoms with van der Waals surface area (Å²) in [5.41, 5.74) is 10.8. The lowest BCUT2D eigenvalue weighted by Crippen LogP contribution is -2.00. The molecule has 2 aromatic heterocycles. The van der Waals surface area contributed by atoms with Crippen LogP contribution in [0.15, 0.2) is 170 Å². The maximum atomic E-state index is 4.98. The summed E-state index contributed by atoms with van der Waals surface area (Å²) >= 11 is 0. The molecular weight excluding hydrogens is 560 g/mol. The molecule has 0 saturated carbocycles. The molecule has 0 fully saturated rings. The first-order valence-corrected chi connectivity index (χ1v) is 15.3. The standard InChI is InChI=1S/C42H28N4/c1-4-11-29(12-5-1)34-22-24-37(38(28-34)30-13-6-2-7-14-30)31-18-20-33(21-19-31)41-44-40(32-15-8-3-9-16-32)45-42(46-41)36-23-25-39-35(27-36)17-10-26-43-39/h1-28H. The second kappa shape index (κ2) is 12.0. The minimum absolute atomic E-state index is 0.626. The van der Waals surface area contributed by atoms with E-state index in [-0.39, 0.29) is 0 Å². The number of hydrogen-bond donors (Lipinski definition) is 0. The van der Waals surface area contributed by atoms with E-state index in [9.17, 15) is 0 Å². The predicted molar refractivity (Wildman–Crippen MR) is 188 cm³/mol. The van der Waals surface area contributed by atoms with Gasteiger partial charge in [0.15, 0.2) is 17.5 Å². The van der Waals surface area contributed by atoms with Crippen molar-refractivity contribution in [2.24, 2.45) is 0 Å². The summed E-state index contributed by atoms with van der Waals surface area (Å²) in [5, 5.41) is 1.04. The highest BCUT2D eigenvalue weighted by molar-refractivity contribution is 5.88. The molecule has 4 nitrogen and oxygen atoms in total. The van der Waals surface area contributed by atoms with E-state index in [1.54, 1.807) is 6.20 Å². The lowest BCUT2D eigenvalue weighted by Gasteiger charge is -2.14. The van der Waals surface area contributed by atoms with E-state index in [2.05, 4.69) is 120 Å². The normalized spacial score (nSPS) is 11.0. The third-order valence-electron chi connectivity index (χ3n) is 8.19. The largest absolute Gasteiger partial charge is 0.256 e. The molecule has 0 saturated heterocycles. The molecule has 4 heteroatoms. The third kappa shape index (κ3) is 5.44. The molecule has 0 atom stereocenters. The average molecular weight is 589 g/mol. The van der Waals surface area contributed by atoms with Crippen molar-refractivity contribution < 1.29 is 0 Å². The fourth-order valence-electron chi connectivity index (χ4n) is 5.83. The monoisotopic (exact) mass is 588 g/mol. The maximum absolute atomic E-state index is 4.98. The molecule has 0 bridgehead atoms. The Morgan fingerprint density at radius 1 is 0.304 bits per heavy atom. The van der Waals surface area contributed by atoms with Gasteiger partial charge in [-0.05, 0) is 63.7 Å². The van der Waals surface area contributed by atoms with Gasteiger partial charge >= 0.3 is 0 Å². The van der Waals surface area contributed by atoms with Crippen LogP contribution in [-0.2, 0) is 0 Å². The Hall–Kier alpha value is -6.26. The molecule has 8 rings (SSSR count). The molecule has 216 valence electrons. The highest BCUT2D eigenvalue weighted by Gasteiger charge is 2.14. The van der Waals surface area contributed by atoms with Crippen molar-refractivity contribution in [3.05, 3.63) is 170 Å². The van der Waals surface area contributed by atoms with Gasteiger partial charge in [-0.15, -0.1) is 0 Å². The van der Waals surface area contributed by atoms with Crippen LogP contribution in [0.1, 0.15) is 0 Å². The molecule has 0 aliphatic carbocycles. The maximum Gasteiger partial charge on any atom is 0.164 e. The van der Waals surface area contributed by atoms with Gasteiger partial charge in [-0.1, -0.05) is 133 Å². The van der Waals surface area contributed by atoms with Gasteiger partial charge in [0.1, 0.15) is 0 Å². The Labute approximate surface area is 267 Å². The van der Waals surface area contributed by atoms with Crippen LogP contribution < -0.4 is 0 Å². The molecule has 0 spiro atoms. The number of rotatable bonds is 6. The van der Waals surface area contributed by atoms with E-state index in [1.165, 1.54) is 27.8 Å². The van der Waals surface area contributed by atoms with E-state index < -0.39 is 0 Å². The zero-order valence-electron chi connectivity index (χ0n) is 25.0. The van der Waals surface area contributed by atoms with Gasteiger partial charge in [0.25, 0.3) is 0 Å². The van der Waals surface area contributed by atoms with Crippen LogP contribution in [0.5, 0.6) is 0 Å². The number of pyridine rings is 1. The van der Waals surface area contributed by atoms with Crippen LogP contribution in [-0.4, -0.2) is 19.9 Å². The summed E-state index contributed by atoms with van der Waals surface area (Å²) < 4.78 is 0. The SMILES string of the molecule is c1ccc(-c2ccc(-c3ccc(-c4nc(-c5ccccc5)nc(-c5ccc6ncccc6c5)n4)cc3)c(-c3ccccc3)c2)cc1. The van der Waals surface area contributed by atoms with Gasteiger partial charge in [-0.3, -0.25) is 4.98 Å². The van der Waals surface area contributed by atoms with Crippen LogP contribution in [0.2, 0.25) is 0 Å². The number of nitrogens with zero attached hydrogens (tertiary/aromatic N) is 4. The van der Waals surface area contributed by atoms with Gasteiger partial charge in [-0.25, -0.2) is 15.0 Å². The smallest absolute Gasteiger partial charge is 0.164 e. The second-order valence-corrected chi connectivity index (χ2v) is 11.2. The molecule has 0 radical (unpaired) electrons. The van der Waals surface area contributed by atoms with Crippen molar-refractivity contribution >= 4 is 10.9 Å². The van der Waals surface area contributed by atoms with Crippen molar-refractivity contribution in [1.29, 1.82) is 0 Å². The number of aromatic nitrogens is 4. The first-order chi connectivity index (χ1) is 22.8. The Kier molecular flexibility index (Phi) is 7.14. The fourth-order valence-corrected chi connectivity index (χ4v) is 5.83. The van der Waals surface area contributed by atoms with Crippen molar-refractivity contribution in [2.75, 3.05) is 0 Å². The number of hydrogen-bond acceptors (Lipinski definition) is 4. The molecular formula is C42H28N4. The summed E-state index contributed by atoms with van der Waals surface area (Å²) in [4.78, 5) is 19.3. The third-order valence-corrected chi connectivity index (χ3v) is 8.19. The molecule has 0 aliphatic rings. The molecule has 6 aromatic carbocycles. The Bertz CT molecular complexity index is 2280. The summed E-state index contributed by atoms with van der Waals surface area (Å²) in [7, 11) is 0. The van der Waals surface area contributed by atoms with Crippen molar-refractivity contribution in [1.82, 2.24) is 19.9 Å². The zero-order valence-corrected chi connectivity index (χ0v) is 25.0. The van der Waals surface area contributed by atoms with E-state index >= 15 is 0 Å². The summed E-state index contributed by atoms with van der Waals surface area (Å²) in [5.74, 6) is 1.89.